The highest BCUT2D eigenvalue weighted by Gasteiger charge is 2.19. The Labute approximate surface area is 141 Å². The SMILES string of the molecule is C=Nc1ccc(/C=C/c2ccc(C3CCC(C)CC3)cc2)cc1.[HH]. The van der Waals surface area contributed by atoms with Crippen molar-refractivity contribution in [2.75, 3.05) is 0 Å². The standard InChI is InChI=1S/C22H25N.H2/c1-17-3-11-20(12-4-17)21-13-7-18(8-14-21)5-6-19-9-15-22(23-2)16-10-19;/h5-10,13-17,20H,2-4,11-12H2,1H3;1H/b6-5+;. The van der Waals surface area contributed by atoms with E-state index in [1.807, 2.05) is 12.1 Å². The van der Waals surface area contributed by atoms with Gasteiger partial charge in [-0.25, -0.2) is 0 Å². The molecule has 1 fully saturated rings. The third-order valence-corrected chi connectivity index (χ3v) is 4.97. The first kappa shape index (κ1) is 15.7. The Morgan fingerprint density at radius 1 is 0.870 bits per heavy atom. The maximum atomic E-state index is 3.91. The summed E-state index contributed by atoms with van der Waals surface area (Å²) in [6, 6.07) is 17.2. The van der Waals surface area contributed by atoms with Gasteiger partial charge in [-0.15, -0.1) is 0 Å². The van der Waals surface area contributed by atoms with Crippen LogP contribution in [0.15, 0.2) is 53.5 Å². The quantitative estimate of drug-likeness (QED) is 0.438. The van der Waals surface area contributed by atoms with E-state index in [0.717, 1.165) is 17.5 Å². The molecule has 0 spiro atoms. The van der Waals surface area contributed by atoms with Gasteiger partial charge in [-0.05, 0) is 60.2 Å². The first-order chi connectivity index (χ1) is 11.2. The van der Waals surface area contributed by atoms with Gasteiger partial charge in [0.05, 0.1) is 5.69 Å². The van der Waals surface area contributed by atoms with E-state index in [1.54, 1.807) is 0 Å². The zero-order valence-corrected chi connectivity index (χ0v) is 13.9. The van der Waals surface area contributed by atoms with Gasteiger partial charge in [0.25, 0.3) is 0 Å². The molecule has 1 saturated carbocycles. The lowest BCUT2D eigenvalue weighted by molar-refractivity contribution is 0.348. The van der Waals surface area contributed by atoms with Crippen LogP contribution in [0.2, 0.25) is 0 Å². The fourth-order valence-corrected chi connectivity index (χ4v) is 3.36. The number of nitrogens with zero attached hydrogens (tertiary/aromatic N) is 1. The Morgan fingerprint density at radius 3 is 1.91 bits per heavy atom. The van der Waals surface area contributed by atoms with E-state index in [0.29, 0.717) is 0 Å². The van der Waals surface area contributed by atoms with Gasteiger partial charge < -0.3 is 0 Å². The third kappa shape index (κ3) is 4.19. The smallest absolute Gasteiger partial charge is 0.0622 e. The van der Waals surface area contributed by atoms with E-state index < -0.39 is 0 Å². The summed E-state index contributed by atoms with van der Waals surface area (Å²) in [6.07, 6.45) is 9.76. The first-order valence-corrected chi connectivity index (χ1v) is 8.59. The molecule has 0 bridgehead atoms. The van der Waals surface area contributed by atoms with Crippen LogP contribution in [0.1, 0.15) is 56.6 Å². The summed E-state index contributed by atoms with van der Waals surface area (Å²) in [6.45, 7) is 5.91. The molecule has 0 amide bonds. The van der Waals surface area contributed by atoms with Gasteiger partial charge >= 0.3 is 0 Å². The molecule has 1 aliphatic rings. The molecule has 1 aliphatic carbocycles. The lowest BCUT2D eigenvalue weighted by Gasteiger charge is -2.26. The Bertz CT molecular complexity index is 662. The molecule has 0 unspecified atom stereocenters. The molecule has 0 aromatic heterocycles. The van der Waals surface area contributed by atoms with Gasteiger partial charge in [-0.1, -0.05) is 68.3 Å². The van der Waals surface area contributed by atoms with Crippen LogP contribution in [0.4, 0.5) is 5.69 Å². The molecule has 0 radical (unpaired) electrons. The largest absolute Gasteiger partial charge is 0.265 e. The van der Waals surface area contributed by atoms with Crippen molar-refractivity contribution in [1.82, 2.24) is 0 Å². The highest BCUT2D eigenvalue weighted by atomic mass is 14.7. The van der Waals surface area contributed by atoms with Gasteiger partial charge in [0.1, 0.15) is 0 Å². The van der Waals surface area contributed by atoms with Crippen LogP contribution < -0.4 is 0 Å². The summed E-state index contributed by atoms with van der Waals surface area (Å²) < 4.78 is 0. The summed E-state index contributed by atoms with van der Waals surface area (Å²) in [5, 5.41) is 0. The van der Waals surface area contributed by atoms with Gasteiger partial charge in [0.2, 0.25) is 0 Å². The van der Waals surface area contributed by atoms with Crippen molar-refractivity contribution < 1.29 is 1.43 Å². The molecule has 2 aromatic carbocycles. The predicted molar refractivity (Wildman–Crippen MR) is 104 cm³/mol. The normalized spacial score (nSPS) is 21.4. The first-order valence-electron chi connectivity index (χ1n) is 8.59. The Hall–Kier alpha value is -2.15. The van der Waals surface area contributed by atoms with E-state index >= 15 is 0 Å². The van der Waals surface area contributed by atoms with Crippen molar-refractivity contribution in [2.24, 2.45) is 10.9 Å². The minimum Gasteiger partial charge on any atom is -0.265 e. The molecule has 0 atom stereocenters. The van der Waals surface area contributed by atoms with Crippen LogP contribution >= 0.6 is 0 Å². The minimum atomic E-state index is 0. The molecule has 2 aromatic rings. The Morgan fingerprint density at radius 2 is 1.39 bits per heavy atom. The fourth-order valence-electron chi connectivity index (χ4n) is 3.36. The third-order valence-electron chi connectivity index (χ3n) is 4.97. The Kier molecular flexibility index (Phi) is 5.07. The summed E-state index contributed by atoms with van der Waals surface area (Å²) in [5.74, 6) is 1.68. The van der Waals surface area contributed by atoms with Crippen molar-refractivity contribution in [1.29, 1.82) is 0 Å². The molecule has 1 nitrogen and oxygen atoms in total. The number of benzene rings is 2. The molecule has 0 saturated heterocycles. The second-order valence-corrected chi connectivity index (χ2v) is 6.71. The predicted octanol–water partition coefficient (Wildman–Crippen LogP) is 6.73. The molecule has 23 heavy (non-hydrogen) atoms. The average Bonchev–Trinajstić information content (AvgIpc) is 2.61. The van der Waals surface area contributed by atoms with Gasteiger partial charge in [-0.3, -0.25) is 4.99 Å². The van der Waals surface area contributed by atoms with Crippen molar-refractivity contribution in [3.8, 4) is 0 Å². The molecule has 0 heterocycles. The summed E-state index contributed by atoms with van der Waals surface area (Å²) in [4.78, 5) is 3.91. The molecule has 3 rings (SSSR count). The lowest BCUT2D eigenvalue weighted by atomic mass is 9.79. The van der Waals surface area contributed by atoms with E-state index in [4.69, 9.17) is 0 Å². The van der Waals surface area contributed by atoms with Crippen LogP contribution in [-0.2, 0) is 0 Å². The topological polar surface area (TPSA) is 12.4 Å². The van der Waals surface area contributed by atoms with E-state index in [1.165, 1.54) is 42.4 Å². The molecule has 120 valence electrons. The number of hydrogen-bond donors (Lipinski definition) is 0. The average molecular weight is 305 g/mol. The Balaban J connectivity index is 0.00000208. The van der Waals surface area contributed by atoms with E-state index in [9.17, 15) is 0 Å². The maximum absolute atomic E-state index is 3.91. The van der Waals surface area contributed by atoms with Gasteiger partial charge in [-0.2, -0.15) is 0 Å². The van der Waals surface area contributed by atoms with Crippen LogP contribution in [-0.4, -0.2) is 6.72 Å². The second-order valence-electron chi connectivity index (χ2n) is 6.71. The summed E-state index contributed by atoms with van der Waals surface area (Å²) in [7, 11) is 0. The lowest BCUT2D eigenvalue weighted by Crippen LogP contribution is -2.10. The minimum absolute atomic E-state index is 0. The highest BCUT2D eigenvalue weighted by molar-refractivity contribution is 5.70. The number of hydrogen-bond acceptors (Lipinski definition) is 1. The molecule has 0 aliphatic heterocycles. The van der Waals surface area contributed by atoms with Crippen LogP contribution in [0.25, 0.3) is 12.2 Å². The van der Waals surface area contributed by atoms with Crippen LogP contribution in [0.3, 0.4) is 0 Å². The highest BCUT2D eigenvalue weighted by Crippen LogP contribution is 2.35. The van der Waals surface area contributed by atoms with Gasteiger partial charge in [0, 0.05) is 1.43 Å². The van der Waals surface area contributed by atoms with E-state index in [2.05, 4.69) is 67.2 Å². The van der Waals surface area contributed by atoms with Crippen molar-refractivity contribution in [3.05, 3.63) is 65.2 Å². The molecule has 0 N–H and O–H groups in total. The van der Waals surface area contributed by atoms with Gasteiger partial charge in [0.15, 0.2) is 0 Å². The number of rotatable bonds is 4. The second kappa shape index (κ2) is 7.41. The van der Waals surface area contributed by atoms with Crippen LogP contribution in [0, 0.1) is 5.92 Å². The molecular weight excluding hydrogens is 278 g/mol. The monoisotopic (exact) mass is 305 g/mol. The van der Waals surface area contributed by atoms with Crippen LogP contribution in [0.5, 0.6) is 0 Å². The maximum Gasteiger partial charge on any atom is 0.0622 e. The molecular formula is C22H27N. The fraction of sp³-hybridized carbons (Fsp3) is 0.318. The zero-order valence-electron chi connectivity index (χ0n) is 13.9. The molecule has 1 heteroatoms. The van der Waals surface area contributed by atoms with E-state index in [-0.39, 0.29) is 1.43 Å². The van der Waals surface area contributed by atoms with Crippen molar-refractivity contribution >= 4 is 24.6 Å². The zero-order chi connectivity index (χ0) is 16.1. The summed E-state index contributed by atoms with van der Waals surface area (Å²) >= 11 is 0. The van der Waals surface area contributed by atoms with Crippen molar-refractivity contribution in [3.63, 3.8) is 0 Å². The number of aliphatic imine (C=N–C) groups is 1. The summed E-state index contributed by atoms with van der Waals surface area (Å²) in [5.41, 5.74) is 4.86. The van der Waals surface area contributed by atoms with Crippen molar-refractivity contribution in [2.45, 2.75) is 38.5 Å².